The molecule has 40 heavy (non-hydrogen) atoms. The molecule has 4 N–H and O–H groups in total. The number of hydrogen-bond donors (Lipinski definition) is 4. The molecule has 2 aromatic carbocycles. The van der Waals surface area contributed by atoms with Crippen LogP contribution >= 0.6 is 0 Å². The van der Waals surface area contributed by atoms with Crippen molar-refractivity contribution in [1.82, 2.24) is 15.1 Å². The minimum absolute atomic E-state index is 0.0401. The largest absolute Gasteiger partial charge is 0.430 e. The van der Waals surface area contributed by atoms with Gasteiger partial charge in [-0.1, -0.05) is 24.3 Å². The van der Waals surface area contributed by atoms with Crippen LogP contribution in [0.5, 0.6) is 0 Å². The molecule has 0 aromatic heterocycles. The van der Waals surface area contributed by atoms with Gasteiger partial charge in [-0.2, -0.15) is 26.3 Å². The zero-order valence-electron chi connectivity index (χ0n) is 21.1. The number of hydrogen-bond acceptors (Lipinski definition) is 5. The Kier molecular flexibility index (Phi) is 9.31. The molecule has 2 aromatic rings. The maximum Gasteiger partial charge on any atom is 0.430 e. The predicted molar refractivity (Wildman–Crippen MR) is 129 cm³/mol. The second kappa shape index (κ2) is 12.0. The summed E-state index contributed by atoms with van der Waals surface area (Å²) in [7, 11) is 0. The first-order valence-corrected chi connectivity index (χ1v) is 12.0. The minimum atomic E-state index is -5.97. The topological polar surface area (TPSA) is 105 Å². The van der Waals surface area contributed by atoms with Crippen molar-refractivity contribution in [1.29, 1.82) is 0 Å². The van der Waals surface area contributed by atoms with Crippen LogP contribution in [0, 0.1) is 5.82 Å². The lowest BCUT2D eigenvalue weighted by Gasteiger charge is -2.35. The van der Waals surface area contributed by atoms with Gasteiger partial charge in [0.05, 0.1) is 11.8 Å². The van der Waals surface area contributed by atoms with Gasteiger partial charge in [-0.05, 0) is 30.7 Å². The fourth-order valence-corrected chi connectivity index (χ4v) is 4.05. The van der Waals surface area contributed by atoms with Gasteiger partial charge in [-0.15, -0.1) is 0 Å². The second-order valence-electron chi connectivity index (χ2n) is 9.35. The van der Waals surface area contributed by atoms with E-state index in [1.165, 1.54) is 24.0 Å². The maximum atomic E-state index is 14.5. The summed E-state index contributed by atoms with van der Waals surface area (Å²) in [6, 6.07) is 6.11. The van der Waals surface area contributed by atoms with Crippen LogP contribution in [-0.2, 0) is 12.1 Å². The highest BCUT2D eigenvalue weighted by molar-refractivity contribution is 5.95. The van der Waals surface area contributed by atoms with Gasteiger partial charge in [0.2, 0.25) is 0 Å². The molecule has 15 heteroatoms. The van der Waals surface area contributed by atoms with E-state index in [0.717, 1.165) is 18.2 Å². The molecule has 3 rings (SSSR count). The molecule has 0 radical (unpaired) electrons. The van der Waals surface area contributed by atoms with Gasteiger partial charge in [0.25, 0.3) is 11.5 Å². The summed E-state index contributed by atoms with van der Waals surface area (Å²) in [6.45, 7) is 2.69. The van der Waals surface area contributed by atoms with E-state index in [0.29, 0.717) is 30.8 Å². The van der Waals surface area contributed by atoms with E-state index in [1.807, 2.05) is 4.90 Å². The van der Waals surface area contributed by atoms with Crippen molar-refractivity contribution < 1.29 is 50.5 Å². The fraction of sp³-hybridized carbons (Fsp3) is 0.440. The molecule has 220 valence electrons. The molecule has 0 aliphatic carbocycles. The Bertz CT molecular complexity index is 1180. The molecule has 1 aliphatic heterocycles. The van der Waals surface area contributed by atoms with Crippen LogP contribution in [0.4, 0.5) is 41.2 Å². The molecular weight excluding hydrogens is 553 g/mol. The number of carbonyl (C=O) groups excluding carboxylic acids is 2. The molecule has 3 amide bonds. The van der Waals surface area contributed by atoms with Gasteiger partial charge >= 0.3 is 18.4 Å². The molecule has 1 saturated heterocycles. The van der Waals surface area contributed by atoms with Crippen LogP contribution < -0.4 is 10.6 Å². The molecular formula is C25H27F7N4O4. The van der Waals surface area contributed by atoms with Crippen molar-refractivity contribution in [3.63, 3.8) is 0 Å². The molecule has 1 aliphatic rings. The van der Waals surface area contributed by atoms with Crippen LogP contribution in [-0.4, -0.2) is 83.1 Å². The number of nitrogens with one attached hydrogen (secondary N) is 2. The van der Waals surface area contributed by atoms with Crippen LogP contribution in [0.1, 0.15) is 28.4 Å². The summed E-state index contributed by atoms with van der Waals surface area (Å²) >= 11 is 0. The first kappa shape index (κ1) is 31.1. The van der Waals surface area contributed by atoms with Crippen molar-refractivity contribution >= 4 is 17.6 Å². The first-order chi connectivity index (χ1) is 18.5. The quantitative estimate of drug-likeness (QED) is 0.375. The zero-order valence-corrected chi connectivity index (χ0v) is 21.1. The summed E-state index contributed by atoms with van der Waals surface area (Å²) < 4.78 is 92.9. The lowest BCUT2D eigenvalue weighted by molar-refractivity contribution is -0.376. The number of benzene rings is 2. The molecule has 0 spiro atoms. The van der Waals surface area contributed by atoms with E-state index in [-0.39, 0.29) is 37.4 Å². The summed E-state index contributed by atoms with van der Waals surface area (Å²) in [5.41, 5.74) is -6.07. The third-order valence-corrected chi connectivity index (χ3v) is 6.28. The van der Waals surface area contributed by atoms with Gasteiger partial charge < -0.3 is 25.7 Å². The van der Waals surface area contributed by atoms with Crippen LogP contribution in [0.15, 0.2) is 42.5 Å². The number of anilines is 1. The zero-order chi connectivity index (χ0) is 29.9. The molecule has 1 fully saturated rings. The van der Waals surface area contributed by atoms with Gasteiger partial charge in [0.1, 0.15) is 5.82 Å². The number of rotatable bonds is 7. The van der Waals surface area contributed by atoms with Crippen molar-refractivity contribution in [3.8, 4) is 0 Å². The highest BCUT2D eigenvalue weighted by Gasteiger charge is 2.71. The van der Waals surface area contributed by atoms with Gasteiger partial charge in [0, 0.05) is 50.4 Å². The van der Waals surface area contributed by atoms with Crippen molar-refractivity contribution in [2.24, 2.45) is 0 Å². The summed E-state index contributed by atoms with van der Waals surface area (Å²) in [5, 5.41) is 23.3. The Morgan fingerprint density at radius 3 is 2.02 bits per heavy atom. The highest BCUT2D eigenvalue weighted by Crippen LogP contribution is 2.49. The number of piperazine rings is 1. The average molecular weight is 581 g/mol. The number of aliphatic hydroxyl groups excluding tert-OH is 1. The highest BCUT2D eigenvalue weighted by atomic mass is 19.4. The Morgan fingerprint density at radius 2 is 1.52 bits per heavy atom. The van der Waals surface area contributed by atoms with Crippen LogP contribution in [0.25, 0.3) is 0 Å². The first-order valence-electron chi connectivity index (χ1n) is 12.0. The third kappa shape index (κ3) is 7.01. The Balaban J connectivity index is 1.57. The molecule has 0 bridgehead atoms. The van der Waals surface area contributed by atoms with Gasteiger partial charge in [-0.3, -0.25) is 9.69 Å². The number of carbonyl (C=O) groups is 2. The molecule has 0 unspecified atom stereocenters. The van der Waals surface area contributed by atoms with E-state index >= 15 is 0 Å². The monoisotopic (exact) mass is 580 g/mol. The molecule has 1 atom stereocenters. The summed E-state index contributed by atoms with van der Waals surface area (Å²) in [4.78, 5) is 27.9. The number of aliphatic hydroxyl groups is 2. The van der Waals surface area contributed by atoms with E-state index in [4.69, 9.17) is 0 Å². The van der Waals surface area contributed by atoms with E-state index < -0.39 is 47.4 Å². The third-order valence-electron chi connectivity index (χ3n) is 6.28. The summed E-state index contributed by atoms with van der Waals surface area (Å²) in [5.74, 6) is -1.31. The normalized spacial score (nSPS) is 16.0. The minimum Gasteiger partial charge on any atom is -0.392 e. The van der Waals surface area contributed by atoms with E-state index in [1.54, 1.807) is 0 Å². The molecule has 1 heterocycles. The van der Waals surface area contributed by atoms with E-state index in [2.05, 4.69) is 10.6 Å². The number of nitrogens with zero attached hydrogens (tertiary/aromatic N) is 2. The number of alkyl halides is 6. The van der Waals surface area contributed by atoms with Crippen LogP contribution in [0.2, 0.25) is 0 Å². The maximum absolute atomic E-state index is 14.5. The standard InChI is InChI=1S/C25H27F7N4O4/c1-15(37)13-33-22(39)34-20-7-4-17(12-19(20)26)21(38)36-10-8-35(9-11-36)14-16-2-5-18(6-3-16)23(40,24(27,28)29)25(30,31)32/h2-7,12,15,37,40H,8-11,13-14H2,1H3,(H2,33,34,39)/t15-/m1/s1. The molecule has 8 nitrogen and oxygen atoms in total. The van der Waals surface area contributed by atoms with Crippen LogP contribution in [0.3, 0.4) is 0 Å². The predicted octanol–water partition coefficient (Wildman–Crippen LogP) is 3.60. The van der Waals surface area contributed by atoms with Crippen molar-refractivity contribution in [2.45, 2.75) is 37.5 Å². The van der Waals surface area contributed by atoms with E-state index in [9.17, 15) is 50.5 Å². The molecule has 0 saturated carbocycles. The Labute approximate surface area is 224 Å². The Morgan fingerprint density at radius 1 is 0.950 bits per heavy atom. The lowest BCUT2D eigenvalue weighted by atomic mass is 9.91. The Hall–Kier alpha value is -3.43. The average Bonchev–Trinajstić information content (AvgIpc) is 2.87. The van der Waals surface area contributed by atoms with Crippen molar-refractivity contribution in [3.05, 3.63) is 65.0 Å². The number of urea groups is 1. The smallest absolute Gasteiger partial charge is 0.392 e. The SMILES string of the molecule is C[C@@H](O)CNC(=O)Nc1ccc(C(=O)N2CCN(Cc3ccc(C(O)(C(F)(F)F)C(F)(F)F)cc3)CC2)cc1F. The summed E-state index contributed by atoms with van der Waals surface area (Å²) in [6.07, 6.45) is -12.7. The second-order valence-corrected chi connectivity index (χ2v) is 9.35. The number of amides is 3. The van der Waals surface area contributed by atoms with Gasteiger partial charge in [0.15, 0.2) is 0 Å². The van der Waals surface area contributed by atoms with Gasteiger partial charge in [-0.25, -0.2) is 9.18 Å². The lowest BCUT2D eigenvalue weighted by Crippen LogP contribution is -2.53. The van der Waals surface area contributed by atoms with Crippen molar-refractivity contribution in [2.75, 3.05) is 38.0 Å². The number of halogens is 7. The fourth-order valence-electron chi connectivity index (χ4n) is 4.05.